The largest absolute Gasteiger partial charge is 1.00 e. The smallest absolute Gasteiger partial charge is 1.00 e. The van der Waals surface area contributed by atoms with Crippen molar-refractivity contribution in [2.45, 2.75) is 261 Å². The molecule has 0 atom stereocenters. The molecule has 0 aliphatic carbocycles. The quantitative estimate of drug-likeness (QED) is 0.0328. The molecule has 0 fully saturated rings. The van der Waals surface area contributed by atoms with Crippen LogP contribution >= 0.6 is 11.6 Å². The van der Waals surface area contributed by atoms with E-state index in [0.29, 0.717) is 82.1 Å². The van der Waals surface area contributed by atoms with Crippen molar-refractivity contribution in [3.63, 3.8) is 0 Å². The van der Waals surface area contributed by atoms with Gasteiger partial charge in [0.1, 0.15) is 0 Å². The van der Waals surface area contributed by atoms with Gasteiger partial charge in [-0.2, -0.15) is 0 Å². The Labute approximate surface area is 893 Å². The second-order valence-corrected chi connectivity index (χ2v) is 41.3. The van der Waals surface area contributed by atoms with Crippen molar-refractivity contribution in [3.05, 3.63) is 377 Å². The number of hydrogen-bond donors (Lipinski definition) is 0. The van der Waals surface area contributed by atoms with Crippen LogP contribution in [0.5, 0.6) is 0 Å². The zero-order valence-corrected chi connectivity index (χ0v) is 89.6. The van der Waals surface area contributed by atoms with E-state index in [0.717, 1.165) is 98.4 Å². The van der Waals surface area contributed by atoms with E-state index in [-0.39, 0.29) is 233 Å². The molecule has 0 radical (unpaired) electrons. The predicted molar refractivity (Wildman–Crippen MR) is 577 cm³/mol. The Hall–Kier alpha value is -9.40. The number of rotatable bonds is 30. The number of anilines is 18. The minimum absolute atomic E-state index is 0. The zero-order chi connectivity index (χ0) is 108. The monoisotopic (exact) mass is 1940 g/mol. The van der Waals surface area contributed by atoms with Gasteiger partial charge in [0.05, 0.1) is 49.7 Å². The summed E-state index contributed by atoms with van der Waals surface area (Å²) < 4.78 is 157. The first-order chi connectivity index (χ1) is 69.7. The van der Waals surface area contributed by atoms with Crippen molar-refractivity contribution in [1.82, 2.24) is 0 Å². The average molecular weight is 1940 g/mol. The number of fused-ring (bicyclic) bond motifs is 4. The summed E-state index contributed by atoms with van der Waals surface area (Å²) in [6.45, 7) is 49.4. The Morgan fingerprint density at radius 1 is 0.246 bits per heavy atom. The molecule has 10 heteroatoms. The number of nitrogens with zero attached hydrogens (tertiary/aromatic N) is 6. The molecular formula is C124H142BClIKN6. The molecule has 2 aliphatic rings. The molecule has 686 valence electrons. The Bertz CT molecular complexity index is 6780. The molecule has 6 nitrogen and oxygen atoms in total. The molecule has 134 heavy (non-hydrogen) atoms. The standard InChI is InChI=1S/C62H70BN3.C62H72ClN3.HI.K/c1-13-59(5,6)43-27-33-49(34-28-43)65-54-37-31-45(61(9,10)15-3)39-52(54)63-53-40-46(62(11,12)16-4)32-38-55(53)66(50-35-29-44(30-36-50)60(7,8)14-2)57-42-51(41-56(65)58(57)63)64(47-23-19-17-20-24-47)48-25-21-18-22-26-48;1-13-59(5,6)45-27-35-51(36-28-45)65(52-37-29-46(30-38-52)60(7,8)14-2)56-43-55(64(49-23-19-17-20-24-49)50-25-21-18-22-26-50)44-57(58(56)63)66(53-39-31-47(32-40-53)61(9,10)15-3)54-41-33-48(34-42-54)62(11,12)16-4;;/h17-42H,13-16H2,1-12H3;17-44H,13-16H2,1-12H3;1H;/q;;;+1/p-1/i27D,28D,29D,30D,33D,34D,35D,36D;27D,28D,31D,32D,35D,36D,39D,40D;;. The van der Waals surface area contributed by atoms with E-state index in [1.165, 1.54) is 0 Å². The second-order valence-electron chi connectivity index (χ2n) is 40.9. The van der Waals surface area contributed by atoms with Crippen molar-refractivity contribution >= 4 is 137 Å². The van der Waals surface area contributed by atoms with Gasteiger partial charge in [0, 0.05) is 79.6 Å². The van der Waals surface area contributed by atoms with Crippen molar-refractivity contribution in [2.24, 2.45) is 0 Å². The summed E-state index contributed by atoms with van der Waals surface area (Å²) in [5, 5.41) is 0.0930. The Kier molecular flexibility index (Phi) is 25.3. The van der Waals surface area contributed by atoms with E-state index in [4.69, 9.17) is 11.6 Å². The fraction of sp³-hybridized carbons (Fsp3) is 0.323. The fourth-order valence-electron chi connectivity index (χ4n) is 17.1. The summed E-state index contributed by atoms with van der Waals surface area (Å²) in [6.07, 6.45) is 5.83. The normalized spacial score (nSPS) is 14.4. The fourth-order valence-corrected chi connectivity index (χ4v) is 17.4. The van der Waals surface area contributed by atoms with E-state index in [2.05, 4.69) is 141 Å². The number of halogens is 2. The van der Waals surface area contributed by atoms with Gasteiger partial charge in [0.15, 0.2) is 0 Å². The minimum atomic E-state index is -0.688. The van der Waals surface area contributed by atoms with Gasteiger partial charge in [0.25, 0.3) is 6.71 Å². The average Bonchev–Trinajstić information content (AvgIpc) is 0.682. The van der Waals surface area contributed by atoms with Crippen LogP contribution < -0.4 is 121 Å². The maximum absolute atomic E-state index is 10.0. The van der Waals surface area contributed by atoms with E-state index < -0.39 is 28.4 Å². The van der Waals surface area contributed by atoms with Crippen LogP contribution in [0.1, 0.15) is 284 Å². The molecule has 14 aromatic rings. The first-order valence-electron chi connectivity index (χ1n) is 55.6. The van der Waals surface area contributed by atoms with E-state index >= 15 is 0 Å². The van der Waals surface area contributed by atoms with E-state index in [9.17, 15) is 21.9 Å². The van der Waals surface area contributed by atoms with Crippen LogP contribution in [0.2, 0.25) is 5.02 Å². The van der Waals surface area contributed by atoms with Gasteiger partial charge in [-0.3, -0.25) is 0 Å². The van der Waals surface area contributed by atoms with Gasteiger partial charge in [-0.25, -0.2) is 0 Å². The van der Waals surface area contributed by atoms with Crippen LogP contribution in [-0.2, 0) is 43.3 Å². The van der Waals surface area contributed by atoms with Gasteiger partial charge in [-0.1, -0.05) is 347 Å². The molecule has 0 saturated heterocycles. The summed E-state index contributed by atoms with van der Waals surface area (Å²) in [7, 11) is 0. The number of para-hydroxylation sites is 4. The predicted octanol–water partition coefficient (Wildman–Crippen LogP) is 29.5. The number of benzene rings is 14. The molecule has 0 unspecified atom stereocenters. The molecule has 0 saturated carbocycles. The van der Waals surface area contributed by atoms with Gasteiger partial charge >= 0.3 is 51.4 Å². The topological polar surface area (TPSA) is 19.4 Å². The van der Waals surface area contributed by atoms with Crippen LogP contribution in [0.15, 0.2) is 327 Å². The maximum Gasteiger partial charge on any atom is 1.00 e. The van der Waals surface area contributed by atoms with Gasteiger partial charge in [-0.05, 0) is 313 Å². The summed E-state index contributed by atoms with van der Waals surface area (Å²) in [6, 6.07) is 74.1. The van der Waals surface area contributed by atoms with Crippen LogP contribution in [0, 0.1) is 0 Å². The van der Waals surface area contributed by atoms with Crippen LogP contribution in [0.3, 0.4) is 0 Å². The minimum Gasteiger partial charge on any atom is -1.00 e. The van der Waals surface area contributed by atoms with Crippen LogP contribution in [-0.4, -0.2) is 6.71 Å². The van der Waals surface area contributed by atoms with Crippen molar-refractivity contribution in [1.29, 1.82) is 0 Å². The molecular weight excluding hydrogens is 1790 g/mol. The van der Waals surface area contributed by atoms with Crippen LogP contribution in [0.25, 0.3) is 0 Å². The molecule has 2 aliphatic heterocycles. The zero-order valence-electron chi connectivity index (χ0n) is 99.6. The third-order valence-electron chi connectivity index (χ3n) is 29.6. The molecule has 0 aromatic heterocycles. The van der Waals surface area contributed by atoms with Gasteiger partial charge in [0.2, 0.25) is 0 Å². The van der Waals surface area contributed by atoms with E-state index in [1.54, 1.807) is 9.80 Å². The first-order valence-corrected chi connectivity index (χ1v) is 48.0. The summed E-state index contributed by atoms with van der Waals surface area (Å²) >= 11 is 8.11. The third-order valence-corrected chi connectivity index (χ3v) is 30.0. The molecule has 0 bridgehead atoms. The summed E-state index contributed by atoms with van der Waals surface area (Å²) in [4.78, 5) is 11.5. The Morgan fingerprint density at radius 2 is 0.478 bits per heavy atom. The molecule has 2 heterocycles. The third kappa shape index (κ3) is 20.6. The maximum atomic E-state index is 10.0. The van der Waals surface area contributed by atoms with E-state index in [1.807, 2.05) is 275 Å². The Balaban J connectivity index is 0.000000247. The van der Waals surface area contributed by atoms with Gasteiger partial charge < -0.3 is 53.4 Å². The molecule has 16 rings (SSSR count). The summed E-state index contributed by atoms with van der Waals surface area (Å²) in [5.41, 5.74) is 13.9. The molecule has 0 amide bonds. The molecule has 0 N–H and O–H groups in total. The SMILES string of the molecule is [2H]c1c([2H])c(C(C)(C)CC)c([2H])c([2H])c1N(c1ccc(C(C)(C)CC)cc1)c1cc(N(c2ccccc2)c2ccccc2)cc(N(c2ccc(C(C)(C)CC)cc2)c2c([2H])c([2H])c(C(C)(C)CC)c([2H])c2[2H])c1Cl.[2H]c1c([2H])c(C(C)(C)CC)c([2H])c([2H])c1N1c2ccc(C(C)(C)CC)cc2B2c3cc(C(C)(C)CC)ccc3N(c3c([2H])c([2H])c(C(C)(C)CC)c([2H])c3[2H])c3cc(N(c4ccccc4)c4ccccc4)cc1c32.[I-].[K+]. The van der Waals surface area contributed by atoms with Crippen molar-refractivity contribution in [3.8, 4) is 0 Å². The molecule has 14 aromatic carbocycles. The Morgan fingerprint density at radius 3 is 0.746 bits per heavy atom. The second kappa shape index (κ2) is 41.5. The molecule has 0 spiro atoms. The first kappa shape index (κ1) is 81.7. The van der Waals surface area contributed by atoms with Crippen molar-refractivity contribution < 1.29 is 97.3 Å². The van der Waals surface area contributed by atoms with Crippen molar-refractivity contribution in [2.75, 3.05) is 29.4 Å². The summed E-state index contributed by atoms with van der Waals surface area (Å²) in [5.74, 6) is 0. The number of hydrogen-bond acceptors (Lipinski definition) is 6. The van der Waals surface area contributed by atoms with Gasteiger partial charge in [-0.15, -0.1) is 0 Å². The van der Waals surface area contributed by atoms with Crippen LogP contribution in [0.4, 0.5) is 102 Å².